The van der Waals surface area contributed by atoms with Gasteiger partial charge in [-0.3, -0.25) is 4.79 Å². The second-order valence-corrected chi connectivity index (χ2v) is 6.82. The maximum atomic E-state index is 12.9. The van der Waals surface area contributed by atoms with Crippen LogP contribution in [0.25, 0.3) is 0 Å². The largest absolute Gasteiger partial charge is 0.497 e. The monoisotopic (exact) mass is 329 g/mol. The molecule has 0 unspecified atom stereocenters. The molecule has 3 rings (SSSR count). The normalized spacial score (nSPS) is 21.3. The van der Waals surface area contributed by atoms with Crippen molar-refractivity contribution >= 4 is 5.91 Å². The van der Waals surface area contributed by atoms with Crippen molar-refractivity contribution in [2.24, 2.45) is 5.41 Å². The van der Waals surface area contributed by atoms with Crippen LogP contribution in [-0.2, 0) is 23.2 Å². The lowest BCUT2D eigenvalue weighted by Crippen LogP contribution is -2.37. The first kappa shape index (κ1) is 16.5. The van der Waals surface area contributed by atoms with Gasteiger partial charge in [-0.25, -0.2) is 0 Å². The highest BCUT2D eigenvalue weighted by molar-refractivity contribution is 5.93. The molecule has 1 fully saturated rings. The molecule has 0 radical (unpaired) electrons. The molecule has 24 heavy (non-hydrogen) atoms. The van der Waals surface area contributed by atoms with Gasteiger partial charge in [0.25, 0.3) is 0 Å². The van der Waals surface area contributed by atoms with E-state index in [1.807, 2.05) is 31.2 Å². The first-order chi connectivity index (χ1) is 11.4. The molecular weight excluding hydrogens is 306 g/mol. The van der Waals surface area contributed by atoms with E-state index in [0.717, 1.165) is 17.7 Å². The van der Waals surface area contributed by atoms with Crippen molar-refractivity contribution < 1.29 is 13.9 Å². The number of carbonyl (C=O) groups is 1. The molecule has 1 aromatic heterocycles. The van der Waals surface area contributed by atoms with Gasteiger partial charge in [0, 0.05) is 6.42 Å². The zero-order valence-electron chi connectivity index (χ0n) is 14.5. The summed E-state index contributed by atoms with van der Waals surface area (Å²) in [6.07, 6.45) is 1.49. The Morgan fingerprint density at radius 2 is 1.88 bits per heavy atom. The highest BCUT2D eigenvalue weighted by Gasteiger charge is 2.67. The van der Waals surface area contributed by atoms with Crippen LogP contribution in [0.4, 0.5) is 0 Å². The van der Waals surface area contributed by atoms with Crippen molar-refractivity contribution in [2.45, 2.75) is 45.6 Å². The molecule has 1 saturated carbocycles. The second-order valence-electron chi connectivity index (χ2n) is 6.82. The predicted molar refractivity (Wildman–Crippen MR) is 88.6 cm³/mol. The van der Waals surface area contributed by atoms with E-state index < -0.39 is 5.41 Å². The molecule has 6 nitrogen and oxygen atoms in total. The third-order valence-electron chi connectivity index (χ3n) is 4.92. The molecule has 0 saturated heterocycles. The molecule has 1 aliphatic rings. The molecule has 1 aliphatic carbocycles. The van der Waals surface area contributed by atoms with Crippen molar-refractivity contribution in [3.63, 3.8) is 0 Å². The number of methoxy groups -OCH3 is 1. The Morgan fingerprint density at radius 1 is 1.25 bits per heavy atom. The summed E-state index contributed by atoms with van der Waals surface area (Å²) < 4.78 is 10.7. The van der Waals surface area contributed by atoms with Crippen LogP contribution in [0.2, 0.25) is 0 Å². The Bertz CT molecular complexity index is 736. The Kier molecular flexibility index (Phi) is 4.07. The van der Waals surface area contributed by atoms with Crippen LogP contribution < -0.4 is 10.1 Å². The minimum absolute atomic E-state index is 0.00563. The summed E-state index contributed by atoms with van der Waals surface area (Å²) in [6, 6.07) is 7.72. The van der Waals surface area contributed by atoms with Crippen molar-refractivity contribution in [3.8, 4) is 5.75 Å². The van der Waals surface area contributed by atoms with Crippen LogP contribution >= 0.6 is 0 Å². The minimum atomic E-state index is -0.521. The maximum absolute atomic E-state index is 12.9. The highest BCUT2D eigenvalue weighted by atomic mass is 16.5. The van der Waals surface area contributed by atoms with Crippen molar-refractivity contribution in [1.82, 2.24) is 15.5 Å². The Morgan fingerprint density at radius 3 is 2.38 bits per heavy atom. The van der Waals surface area contributed by atoms with E-state index >= 15 is 0 Å². The predicted octanol–water partition coefficient (Wildman–Crippen LogP) is 2.62. The fourth-order valence-electron chi connectivity index (χ4n) is 3.32. The van der Waals surface area contributed by atoms with E-state index in [1.165, 1.54) is 0 Å². The molecule has 1 amide bonds. The van der Waals surface area contributed by atoms with Gasteiger partial charge in [-0.2, -0.15) is 0 Å². The molecule has 2 aromatic rings. The number of amides is 1. The Hall–Kier alpha value is -2.37. The second kappa shape index (κ2) is 5.92. The van der Waals surface area contributed by atoms with Gasteiger partial charge in [0.2, 0.25) is 17.7 Å². The van der Waals surface area contributed by atoms with Crippen LogP contribution in [0.15, 0.2) is 28.7 Å². The van der Waals surface area contributed by atoms with E-state index in [0.29, 0.717) is 18.2 Å². The zero-order valence-corrected chi connectivity index (χ0v) is 14.5. The smallest absolute Gasteiger partial charge is 0.235 e. The quantitative estimate of drug-likeness (QED) is 0.881. The van der Waals surface area contributed by atoms with E-state index in [2.05, 4.69) is 29.4 Å². The summed E-state index contributed by atoms with van der Waals surface area (Å²) in [5.41, 5.74) is 0.396. The summed E-state index contributed by atoms with van der Waals surface area (Å²) in [5, 5.41) is 10.8. The van der Waals surface area contributed by atoms with Crippen molar-refractivity contribution in [3.05, 3.63) is 41.6 Å². The SMILES string of the molecule is CCc1nnc(CNC(=O)[C@@]2(c3ccc(OC)cc3)CC2(C)C)o1. The average molecular weight is 329 g/mol. The number of hydrogen-bond donors (Lipinski definition) is 1. The third kappa shape index (κ3) is 2.66. The fraction of sp³-hybridized carbons (Fsp3) is 0.500. The topological polar surface area (TPSA) is 77.2 Å². The molecule has 0 aliphatic heterocycles. The van der Waals surface area contributed by atoms with Gasteiger partial charge in [-0.1, -0.05) is 32.9 Å². The standard InChI is InChI=1S/C18H23N3O3/c1-5-14-20-21-15(24-14)10-19-16(22)18(11-17(18,2)3)12-6-8-13(23-4)9-7-12/h6-9H,5,10-11H2,1-4H3,(H,19,22)/t18-/m0/s1. The lowest BCUT2D eigenvalue weighted by Gasteiger charge is -2.20. The van der Waals surface area contributed by atoms with Crippen LogP contribution in [0, 0.1) is 5.41 Å². The fourth-order valence-corrected chi connectivity index (χ4v) is 3.32. The molecule has 1 N–H and O–H groups in total. The first-order valence-corrected chi connectivity index (χ1v) is 8.17. The number of rotatable bonds is 6. The van der Waals surface area contributed by atoms with E-state index in [1.54, 1.807) is 7.11 Å². The zero-order chi connectivity index (χ0) is 17.4. The molecule has 6 heteroatoms. The first-order valence-electron chi connectivity index (χ1n) is 8.17. The van der Waals surface area contributed by atoms with Gasteiger partial charge in [0.1, 0.15) is 5.75 Å². The lowest BCUT2D eigenvalue weighted by molar-refractivity contribution is -0.124. The lowest BCUT2D eigenvalue weighted by atomic mass is 9.87. The third-order valence-corrected chi connectivity index (χ3v) is 4.92. The van der Waals surface area contributed by atoms with Gasteiger partial charge < -0.3 is 14.5 Å². The molecule has 1 atom stereocenters. The Labute approximate surface area is 141 Å². The minimum Gasteiger partial charge on any atom is -0.497 e. The summed E-state index contributed by atoms with van der Waals surface area (Å²) >= 11 is 0. The van der Waals surface area contributed by atoms with Gasteiger partial charge in [0.05, 0.1) is 19.1 Å². The van der Waals surface area contributed by atoms with E-state index in [4.69, 9.17) is 9.15 Å². The number of aromatic nitrogens is 2. The summed E-state index contributed by atoms with van der Waals surface area (Å²) in [5.74, 6) is 1.79. The Balaban J connectivity index is 1.76. The molecule has 128 valence electrons. The van der Waals surface area contributed by atoms with Crippen molar-refractivity contribution in [1.29, 1.82) is 0 Å². The summed E-state index contributed by atoms with van der Waals surface area (Å²) in [6.45, 7) is 6.42. The molecule has 0 bridgehead atoms. The molecular formula is C18H23N3O3. The number of carbonyl (C=O) groups excluding carboxylic acids is 1. The van der Waals surface area contributed by atoms with Crippen LogP contribution in [-0.4, -0.2) is 23.2 Å². The van der Waals surface area contributed by atoms with Gasteiger partial charge in [0.15, 0.2) is 0 Å². The van der Waals surface area contributed by atoms with E-state index in [9.17, 15) is 4.79 Å². The summed E-state index contributed by atoms with van der Waals surface area (Å²) in [4.78, 5) is 12.9. The van der Waals surface area contributed by atoms with E-state index in [-0.39, 0.29) is 17.9 Å². The van der Waals surface area contributed by atoms with Crippen LogP contribution in [0.1, 0.15) is 44.5 Å². The van der Waals surface area contributed by atoms with Gasteiger partial charge in [-0.05, 0) is 29.5 Å². The molecule has 1 heterocycles. The number of hydrogen-bond acceptors (Lipinski definition) is 5. The number of nitrogens with zero attached hydrogens (tertiary/aromatic N) is 2. The number of benzene rings is 1. The summed E-state index contributed by atoms with van der Waals surface area (Å²) in [7, 11) is 1.63. The number of ether oxygens (including phenoxy) is 1. The highest BCUT2D eigenvalue weighted by Crippen LogP contribution is 2.64. The van der Waals surface area contributed by atoms with Crippen molar-refractivity contribution in [2.75, 3.05) is 7.11 Å². The van der Waals surface area contributed by atoms with Crippen LogP contribution in [0.3, 0.4) is 0 Å². The van der Waals surface area contributed by atoms with Gasteiger partial charge >= 0.3 is 0 Å². The van der Waals surface area contributed by atoms with Crippen LogP contribution in [0.5, 0.6) is 5.75 Å². The number of aryl methyl sites for hydroxylation is 1. The molecule has 0 spiro atoms. The number of nitrogens with one attached hydrogen (secondary N) is 1. The van der Waals surface area contributed by atoms with Gasteiger partial charge in [-0.15, -0.1) is 10.2 Å². The average Bonchev–Trinajstić information content (AvgIpc) is 2.96. The maximum Gasteiger partial charge on any atom is 0.235 e. The molecule has 1 aromatic carbocycles.